The Morgan fingerprint density at radius 2 is 2.10 bits per heavy atom. The molecule has 5 heteroatoms. The highest BCUT2D eigenvalue weighted by Crippen LogP contribution is 2.25. The Labute approximate surface area is 129 Å². The van der Waals surface area contributed by atoms with Crippen LogP contribution in [-0.2, 0) is 11.3 Å². The van der Waals surface area contributed by atoms with Crippen LogP contribution in [0.4, 0.5) is 0 Å². The number of ether oxygens (including phenoxy) is 1. The molecule has 2 rings (SSSR count). The van der Waals surface area contributed by atoms with E-state index in [0.717, 1.165) is 36.1 Å². The second-order valence-corrected chi connectivity index (χ2v) is 5.68. The molecule has 2 aromatic rings. The number of hydrogen-bond acceptors (Lipinski definition) is 4. The SMILES string of the molecule is COCCCN(C)Cc1cc(=O)oc2cc(C)c(Cl)cc12. The van der Waals surface area contributed by atoms with Crippen LogP contribution in [0.25, 0.3) is 11.0 Å². The summed E-state index contributed by atoms with van der Waals surface area (Å²) in [5, 5.41) is 1.57. The summed E-state index contributed by atoms with van der Waals surface area (Å²) in [6, 6.07) is 5.22. The average molecular weight is 310 g/mol. The van der Waals surface area contributed by atoms with Crippen LogP contribution in [0.2, 0.25) is 5.02 Å². The Morgan fingerprint density at radius 1 is 1.33 bits per heavy atom. The largest absolute Gasteiger partial charge is 0.423 e. The molecule has 0 aliphatic carbocycles. The lowest BCUT2D eigenvalue weighted by molar-refractivity contribution is 0.178. The second kappa shape index (κ2) is 7.07. The Morgan fingerprint density at radius 3 is 2.81 bits per heavy atom. The molecule has 0 radical (unpaired) electrons. The number of methoxy groups -OCH3 is 1. The van der Waals surface area contributed by atoms with Crippen molar-refractivity contribution in [2.75, 3.05) is 27.3 Å². The molecule has 4 nitrogen and oxygen atoms in total. The van der Waals surface area contributed by atoms with Crippen LogP contribution in [0.1, 0.15) is 17.5 Å². The molecule has 0 spiro atoms. The standard InChI is InChI=1S/C16H20ClNO3/c1-11-7-15-13(9-14(11)17)12(8-16(19)21-15)10-18(2)5-4-6-20-3/h7-9H,4-6,10H2,1-3H3. The molecule has 114 valence electrons. The van der Waals surface area contributed by atoms with E-state index in [-0.39, 0.29) is 5.63 Å². The maximum atomic E-state index is 11.7. The van der Waals surface area contributed by atoms with Crippen LogP contribution in [0, 0.1) is 6.92 Å². The van der Waals surface area contributed by atoms with Gasteiger partial charge in [0.2, 0.25) is 0 Å². The van der Waals surface area contributed by atoms with Gasteiger partial charge in [-0.15, -0.1) is 0 Å². The molecular formula is C16H20ClNO3. The van der Waals surface area contributed by atoms with Gasteiger partial charge in [0.15, 0.2) is 0 Å². The van der Waals surface area contributed by atoms with E-state index < -0.39 is 0 Å². The second-order valence-electron chi connectivity index (χ2n) is 5.27. The van der Waals surface area contributed by atoms with Gasteiger partial charge in [0, 0.05) is 43.3 Å². The topological polar surface area (TPSA) is 42.7 Å². The molecule has 0 aliphatic heterocycles. The zero-order chi connectivity index (χ0) is 15.4. The van der Waals surface area contributed by atoms with E-state index >= 15 is 0 Å². The quantitative estimate of drug-likeness (QED) is 0.607. The third-order valence-electron chi connectivity index (χ3n) is 3.44. The predicted octanol–water partition coefficient (Wildman–Crippen LogP) is 3.22. The van der Waals surface area contributed by atoms with Gasteiger partial charge in [-0.3, -0.25) is 0 Å². The number of aryl methyl sites for hydroxylation is 1. The van der Waals surface area contributed by atoms with Gasteiger partial charge < -0.3 is 14.1 Å². The van der Waals surface area contributed by atoms with E-state index in [2.05, 4.69) is 4.90 Å². The van der Waals surface area contributed by atoms with Gasteiger partial charge in [0.05, 0.1) is 0 Å². The van der Waals surface area contributed by atoms with Gasteiger partial charge in [-0.05, 0) is 43.7 Å². The highest BCUT2D eigenvalue weighted by Gasteiger charge is 2.10. The number of fused-ring (bicyclic) bond motifs is 1. The number of hydrogen-bond donors (Lipinski definition) is 0. The number of benzene rings is 1. The van der Waals surface area contributed by atoms with Crippen molar-refractivity contribution in [3.05, 3.63) is 44.8 Å². The summed E-state index contributed by atoms with van der Waals surface area (Å²) in [6.45, 7) is 4.19. The van der Waals surface area contributed by atoms with Crippen molar-refractivity contribution < 1.29 is 9.15 Å². The minimum Gasteiger partial charge on any atom is -0.423 e. The van der Waals surface area contributed by atoms with Crippen molar-refractivity contribution in [1.29, 1.82) is 0 Å². The van der Waals surface area contributed by atoms with Gasteiger partial charge in [-0.1, -0.05) is 11.6 Å². The van der Waals surface area contributed by atoms with E-state index in [1.807, 2.05) is 26.1 Å². The molecular weight excluding hydrogens is 290 g/mol. The molecule has 0 atom stereocenters. The summed E-state index contributed by atoms with van der Waals surface area (Å²) in [6.07, 6.45) is 0.951. The molecule has 0 saturated heterocycles. The first-order chi connectivity index (χ1) is 10.0. The first kappa shape index (κ1) is 16.0. The van der Waals surface area contributed by atoms with Crippen molar-refractivity contribution in [1.82, 2.24) is 4.90 Å². The zero-order valence-corrected chi connectivity index (χ0v) is 13.4. The molecule has 1 aromatic heterocycles. The van der Waals surface area contributed by atoms with Crippen molar-refractivity contribution in [3.8, 4) is 0 Å². The molecule has 0 unspecified atom stereocenters. The summed E-state index contributed by atoms with van der Waals surface area (Å²) in [5.74, 6) is 0. The highest BCUT2D eigenvalue weighted by atomic mass is 35.5. The van der Waals surface area contributed by atoms with Gasteiger partial charge in [0.25, 0.3) is 0 Å². The fraction of sp³-hybridized carbons (Fsp3) is 0.438. The van der Waals surface area contributed by atoms with Crippen molar-refractivity contribution >= 4 is 22.6 Å². The monoisotopic (exact) mass is 309 g/mol. The van der Waals surface area contributed by atoms with E-state index in [4.69, 9.17) is 20.8 Å². The fourth-order valence-corrected chi connectivity index (χ4v) is 2.49. The van der Waals surface area contributed by atoms with Crippen molar-refractivity contribution in [2.45, 2.75) is 19.9 Å². The Bertz CT molecular complexity index is 681. The molecule has 0 fully saturated rings. The molecule has 0 bridgehead atoms. The van der Waals surface area contributed by atoms with Gasteiger partial charge >= 0.3 is 5.63 Å². The zero-order valence-electron chi connectivity index (χ0n) is 12.6. The normalized spacial score (nSPS) is 11.5. The summed E-state index contributed by atoms with van der Waals surface area (Å²) in [7, 11) is 3.71. The minimum absolute atomic E-state index is 0.329. The van der Waals surface area contributed by atoms with Crippen molar-refractivity contribution in [2.24, 2.45) is 0 Å². The van der Waals surface area contributed by atoms with Crippen LogP contribution in [0.15, 0.2) is 27.4 Å². The number of rotatable bonds is 6. The maximum absolute atomic E-state index is 11.7. The Hall–Kier alpha value is -1.36. The Kier molecular flexibility index (Phi) is 5.39. The lowest BCUT2D eigenvalue weighted by Crippen LogP contribution is -2.21. The first-order valence-corrected chi connectivity index (χ1v) is 7.29. The van der Waals surface area contributed by atoms with E-state index in [9.17, 15) is 4.79 Å². The Balaban J connectivity index is 2.30. The fourth-order valence-electron chi connectivity index (χ4n) is 2.33. The van der Waals surface area contributed by atoms with E-state index in [1.54, 1.807) is 13.2 Å². The lowest BCUT2D eigenvalue weighted by atomic mass is 10.1. The summed E-state index contributed by atoms with van der Waals surface area (Å²) >= 11 is 6.19. The van der Waals surface area contributed by atoms with E-state index in [1.165, 1.54) is 0 Å². The maximum Gasteiger partial charge on any atom is 0.336 e. The van der Waals surface area contributed by atoms with Crippen LogP contribution >= 0.6 is 11.6 Å². The van der Waals surface area contributed by atoms with Crippen molar-refractivity contribution in [3.63, 3.8) is 0 Å². The van der Waals surface area contributed by atoms with Gasteiger partial charge in [-0.2, -0.15) is 0 Å². The molecule has 0 amide bonds. The van der Waals surface area contributed by atoms with Gasteiger partial charge in [-0.25, -0.2) is 4.79 Å². The third kappa shape index (κ3) is 4.06. The van der Waals surface area contributed by atoms with Crippen LogP contribution in [-0.4, -0.2) is 32.2 Å². The third-order valence-corrected chi connectivity index (χ3v) is 3.85. The van der Waals surface area contributed by atoms with Crippen LogP contribution < -0.4 is 5.63 Å². The van der Waals surface area contributed by atoms with Crippen LogP contribution in [0.3, 0.4) is 0 Å². The molecule has 0 saturated carbocycles. The molecule has 21 heavy (non-hydrogen) atoms. The highest BCUT2D eigenvalue weighted by molar-refractivity contribution is 6.32. The molecule has 0 N–H and O–H groups in total. The van der Waals surface area contributed by atoms with E-state index in [0.29, 0.717) is 17.2 Å². The lowest BCUT2D eigenvalue weighted by Gasteiger charge is -2.17. The average Bonchev–Trinajstić information content (AvgIpc) is 2.41. The smallest absolute Gasteiger partial charge is 0.336 e. The minimum atomic E-state index is -0.329. The summed E-state index contributed by atoms with van der Waals surface area (Å²) in [5.41, 5.74) is 2.09. The number of halogens is 1. The molecule has 1 heterocycles. The summed E-state index contributed by atoms with van der Waals surface area (Å²) in [4.78, 5) is 13.9. The summed E-state index contributed by atoms with van der Waals surface area (Å²) < 4.78 is 10.3. The predicted molar refractivity (Wildman–Crippen MR) is 85.1 cm³/mol. The molecule has 1 aromatic carbocycles. The van der Waals surface area contributed by atoms with Crippen LogP contribution in [0.5, 0.6) is 0 Å². The molecule has 0 aliphatic rings. The number of nitrogens with zero attached hydrogens (tertiary/aromatic N) is 1. The first-order valence-electron chi connectivity index (χ1n) is 6.91. The van der Waals surface area contributed by atoms with Gasteiger partial charge in [0.1, 0.15) is 5.58 Å².